The third-order valence-electron chi connectivity index (χ3n) is 5.88. The van der Waals surface area contributed by atoms with Gasteiger partial charge in [0.15, 0.2) is 11.5 Å². The van der Waals surface area contributed by atoms with E-state index < -0.39 is 11.4 Å². The van der Waals surface area contributed by atoms with Gasteiger partial charge >= 0.3 is 5.97 Å². The number of rotatable bonds is 6. The lowest BCUT2D eigenvalue weighted by molar-refractivity contribution is -0.143. The molecule has 7 nitrogen and oxygen atoms in total. The second-order valence-corrected chi connectivity index (χ2v) is 7.77. The van der Waals surface area contributed by atoms with Crippen LogP contribution in [0.3, 0.4) is 0 Å². The standard InChI is InChI=1S/C20H25NO4.C2H8N2/c1-24-17-7-6-15(12-18(17)25-16-4-2-3-5-16)20(13-21)10-8-14(9-11-20)19(22)23;3-1-2-4/h6-7,12,14,16H,2-5,8-11H2,1H3,(H,22,23);1-4H2. The molecular formula is C22H33N3O4. The third-order valence-corrected chi connectivity index (χ3v) is 5.88. The number of carboxylic acid groups (broad SMARTS) is 1. The van der Waals surface area contributed by atoms with Crippen LogP contribution in [-0.2, 0) is 10.2 Å². The van der Waals surface area contributed by atoms with Crippen LogP contribution in [0.2, 0.25) is 0 Å². The van der Waals surface area contributed by atoms with E-state index >= 15 is 0 Å². The maximum atomic E-state index is 11.2. The third kappa shape index (κ3) is 5.84. The zero-order valence-corrected chi connectivity index (χ0v) is 17.2. The van der Waals surface area contributed by atoms with E-state index in [4.69, 9.17) is 20.9 Å². The Kier molecular flexibility index (Phi) is 8.74. The topological polar surface area (TPSA) is 132 Å². The number of nitrogens with two attached hydrogens (primary N) is 2. The number of methoxy groups -OCH3 is 1. The van der Waals surface area contributed by atoms with Crippen LogP contribution >= 0.6 is 0 Å². The average molecular weight is 404 g/mol. The average Bonchev–Trinajstić information content (AvgIpc) is 3.27. The van der Waals surface area contributed by atoms with Crippen molar-refractivity contribution < 1.29 is 19.4 Å². The smallest absolute Gasteiger partial charge is 0.306 e. The first-order chi connectivity index (χ1) is 14.0. The van der Waals surface area contributed by atoms with Crippen LogP contribution in [0, 0.1) is 17.2 Å². The molecule has 3 rings (SSSR count). The fraction of sp³-hybridized carbons (Fsp3) is 0.636. The fourth-order valence-corrected chi connectivity index (χ4v) is 4.07. The Labute approximate surface area is 173 Å². The molecule has 29 heavy (non-hydrogen) atoms. The summed E-state index contributed by atoms with van der Waals surface area (Å²) in [5.41, 5.74) is 10.1. The van der Waals surface area contributed by atoms with E-state index in [0.717, 1.165) is 18.4 Å². The molecule has 5 N–H and O–H groups in total. The van der Waals surface area contributed by atoms with Crippen molar-refractivity contribution in [3.8, 4) is 17.6 Å². The van der Waals surface area contributed by atoms with E-state index in [1.165, 1.54) is 12.8 Å². The largest absolute Gasteiger partial charge is 0.493 e. The summed E-state index contributed by atoms with van der Waals surface area (Å²) in [5, 5.41) is 19.1. The van der Waals surface area contributed by atoms with Gasteiger partial charge in [0.25, 0.3) is 0 Å². The van der Waals surface area contributed by atoms with Crippen LogP contribution in [0.4, 0.5) is 0 Å². The minimum absolute atomic E-state index is 0.213. The van der Waals surface area contributed by atoms with Crippen LogP contribution in [0.1, 0.15) is 56.9 Å². The Morgan fingerprint density at radius 2 is 1.79 bits per heavy atom. The summed E-state index contributed by atoms with van der Waals surface area (Å²) < 4.78 is 11.6. The summed E-state index contributed by atoms with van der Waals surface area (Å²) >= 11 is 0. The molecule has 2 aliphatic rings. The van der Waals surface area contributed by atoms with Crippen molar-refractivity contribution in [1.29, 1.82) is 5.26 Å². The lowest BCUT2D eigenvalue weighted by Crippen LogP contribution is -2.33. The van der Waals surface area contributed by atoms with Crippen molar-refractivity contribution in [3.05, 3.63) is 23.8 Å². The van der Waals surface area contributed by atoms with E-state index in [1.54, 1.807) is 7.11 Å². The number of benzene rings is 1. The monoisotopic (exact) mass is 403 g/mol. The van der Waals surface area contributed by atoms with Gasteiger partial charge in [-0.1, -0.05) is 6.07 Å². The number of aliphatic carboxylic acids is 1. The molecule has 2 aliphatic carbocycles. The summed E-state index contributed by atoms with van der Waals surface area (Å²) in [6.45, 7) is 1.19. The highest BCUT2D eigenvalue weighted by molar-refractivity contribution is 5.70. The summed E-state index contributed by atoms with van der Waals surface area (Å²) in [6, 6.07) is 8.18. The molecule has 0 unspecified atom stereocenters. The summed E-state index contributed by atoms with van der Waals surface area (Å²) in [5.74, 6) is 0.283. The lowest BCUT2D eigenvalue weighted by Gasteiger charge is -2.34. The molecule has 2 fully saturated rings. The van der Waals surface area contributed by atoms with E-state index in [2.05, 4.69) is 6.07 Å². The molecule has 0 bridgehead atoms. The number of hydrogen-bond donors (Lipinski definition) is 3. The van der Waals surface area contributed by atoms with Crippen LogP contribution in [-0.4, -0.2) is 37.4 Å². The molecule has 0 radical (unpaired) electrons. The molecular weight excluding hydrogens is 370 g/mol. The first kappa shape index (κ1) is 23.0. The maximum absolute atomic E-state index is 11.2. The van der Waals surface area contributed by atoms with Crippen molar-refractivity contribution in [2.45, 2.75) is 62.9 Å². The SMILES string of the molecule is COc1ccc(C2(C#N)CCC(C(=O)O)CC2)cc1OC1CCCC1.NCCN. The van der Waals surface area contributed by atoms with Crippen LogP contribution in [0.5, 0.6) is 11.5 Å². The second-order valence-electron chi connectivity index (χ2n) is 7.77. The maximum Gasteiger partial charge on any atom is 0.306 e. The zero-order valence-electron chi connectivity index (χ0n) is 17.2. The van der Waals surface area contributed by atoms with E-state index in [0.29, 0.717) is 50.3 Å². The molecule has 2 saturated carbocycles. The molecule has 0 atom stereocenters. The fourth-order valence-electron chi connectivity index (χ4n) is 4.07. The number of ether oxygens (including phenoxy) is 2. The molecule has 0 saturated heterocycles. The first-order valence-electron chi connectivity index (χ1n) is 10.4. The van der Waals surface area contributed by atoms with Crippen molar-refractivity contribution in [1.82, 2.24) is 0 Å². The Morgan fingerprint density at radius 3 is 2.28 bits per heavy atom. The zero-order chi connectivity index (χ0) is 21.3. The highest BCUT2D eigenvalue weighted by atomic mass is 16.5. The van der Waals surface area contributed by atoms with Crippen molar-refractivity contribution in [3.63, 3.8) is 0 Å². The van der Waals surface area contributed by atoms with Crippen molar-refractivity contribution in [2.24, 2.45) is 17.4 Å². The van der Waals surface area contributed by atoms with E-state index in [9.17, 15) is 15.2 Å². The van der Waals surface area contributed by atoms with Crippen molar-refractivity contribution >= 4 is 5.97 Å². The van der Waals surface area contributed by atoms with Gasteiger partial charge in [-0.25, -0.2) is 0 Å². The minimum atomic E-state index is -0.758. The Hall–Kier alpha value is -2.30. The van der Waals surface area contributed by atoms with Gasteiger partial charge in [-0.05, 0) is 69.1 Å². The highest BCUT2D eigenvalue weighted by Crippen LogP contribution is 2.44. The van der Waals surface area contributed by atoms with Gasteiger partial charge in [-0.3, -0.25) is 4.79 Å². The minimum Gasteiger partial charge on any atom is -0.493 e. The van der Waals surface area contributed by atoms with Crippen LogP contribution < -0.4 is 20.9 Å². The molecule has 0 amide bonds. The predicted molar refractivity (Wildman–Crippen MR) is 111 cm³/mol. The van der Waals surface area contributed by atoms with Gasteiger partial charge in [0.2, 0.25) is 0 Å². The molecule has 0 aliphatic heterocycles. The number of carbonyl (C=O) groups is 1. The number of carboxylic acids is 1. The summed E-state index contributed by atoms with van der Waals surface area (Å²) in [6.07, 6.45) is 6.89. The second kappa shape index (κ2) is 11.0. The van der Waals surface area contributed by atoms with E-state index in [-0.39, 0.29) is 12.0 Å². The molecule has 160 valence electrons. The molecule has 7 heteroatoms. The van der Waals surface area contributed by atoms with E-state index in [1.807, 2.05) is 18.2 Å². The molecule has 0 spiro atoms. The predicted octanol–water partition coefficient (Wildman–Crippen LogP) is 2.96. The normalized spacial score (nSPS) is 24.1. The Morgan fingerprint density at radius 1 is 1.17 bits per heavy atom. The van der Waals surface area contributed by atoms with Gasteiger partial charge in [0, 0.05) is 13.1 Å². The lowest BCUT2D eigenvalue weighted by atomic mass is 9.67. The first-order valence-corrected chi connectivity index (χ1v) is 10.4. The number of hydrogen-bond acceptors (Lipinski definition) is 6. The van der Waals surface area contributed by atoms with Crippen LogP contribution in [0.15, 0.2) is 18.2 Å². The van der Waals surface area contributed by atoms with Gasteiger partial charge < -0.3 is 26.0 Å². The Balaban J connectivity index is 0.000000687. The van der Waals surface area contributed by atoms with Gasteiger partial charge in [-0.2, -0.15) is 5.26 Å². The molecule has 1 aromatic carbocycles. The number of nitriles is 1. The van der Waals surface area contributed by atoms with Gasteiger partial charge in [0.05, 0.1) is 30.6 Å². The summed E-state index contributed by atoms with van der Waals surface area (Å²) in [7, 11) is 1.62. The molecule has 1 aromatic rings. The quantitative estimate of drug-likeness (QED) is 0.665. The van der Waals surface area contributed by atoms with Crippen LogP contribution in [0.25, 0.3) is 0 Å². The van der Waals surface area contributed by atoms with Gasteiger partial charge in [0.1, 0.15) is 0 Å². The van der Waals surface area contributed by atoms with Crippen molar-refractivity contribution in [2.75, 3.05) is 20.2 Å². The number of nitrogens with zero attached hydrogens (tertiary/aromatic N) is 1. The van der Waals surface area contributed by atoms with Gasteiger partial charge in [-0.15, -0.1) is 0 Å². The molecule has 0 heterocycles. The molecule has 0 aromatic heterocycles. The Bertz CT molecular complexity index is 700. The summed E-state index contributed by atoms with van der Waals surface area (Å²) in [4.78, 5) is 11.2. The highest BCUT2D eigenvalue weighted by Gasteiger charge is 2.39.